The highest BCUT2D eigenvalue weighted by Crippen LogP contribution is 1.97. The van der Waals surface area contributed by atoms with Crippen molar-refractivity contribution in [3.8, 4) is 0 Å². The van der Waals surface area contributed by atoms with Crippen LogP contribution in [-0.2, 0) is 9.59 Å². The Morgan fingerprint density at radius 2 is 2.15 bits per heavy atom. The largest absolute Gasteiger partial charge is 0.480 e. The Morgan fingerprint density at radius 3 is 2.54 bits per heavy atom. The van der Waals surface area contributed by atoms with Crippen LogP contribution in [0.3, 0.4) is 0 Å². The maximum atomic E-state index is 10.9. The second-order valence-electron chi connectivity index (χ2n) is 2.52. The van der Waals surface area contributed by atoms with Gasteiger partial charge in [-0.2, -0.15) is 0 Å². The van der Waals surface area contributed by atoms with Gasteiger partial charge in [-0.3, -0.25) is 4.79 Å². The fourth-order valence-corrected chi connectivity index (χ4v) is 1.03. The number of nitrogens with one attached hydrogen (secondary N) is 1. The molecule has 0 aliphatic carbocycles. The molecule has 0 spiro atoms. The highest BCUT2D eigenvalue weighted by molar-refractivity contribution is 14.1. The van der Waals surface area contributed by atoms with E-state index in [1.807, 2.05) is 22.6 Å². The van der Waals surface area contributed by atoms with Gasteiger partial charge in [0.05, 0.1) is 4.43 Å². The highest BCUT2D eigenvalue weighted by atomic mass is 127. The van der Waals surface area contributed by atoms with Crippen LogP contribution in [0.5, 0.6) is 0 Å². The van der Waals surface area contributed by atoms with Gasteiger partial charge in [-0.15, -0.1) is 0 Å². The molecule has 0 aromatic carbocycles. The van der Waals surface area contributed by atoms with Crippen LogP contribution in [0.2, 0.25) is 0 Å². The average molecular weight is 300 g/mol. The first-order chi connectivity index (χ1) is 6.11. The fraction of sp³-hybridized carbons (Fsp3) is 0.714. The van der Waals surface area contributed by atoms with Crippen molar-refractivity contribution in [2.24, 2.45) is 5.73 Å². The first kappa shape index (κ1) is 12.6. The molecule has 0 aromatic heterocycles. The van der Waals surface area contributed by atoms with Crippen molar-refractivity contribution in [2.45, 2.75) is 18.9 Å². The van der Waals surface area contributed by atoms with E-state index in [0.717, 1.165) is 0 Å². The first-order valence-electron chi connectivity index (χ1n) is 3.90. The van der Waals surface area contributed by atoms with E-state index in [2.05, 4.69) is 5.32 Å². The molecule has 0 aliphatic rings. The number of carboxylic acid groups (broad SMARTS) is 1. The lowest BCUT2D eigenvalue weighted by atomic mass is 10.1. The molecule has 0 saturated heterocycles. The van der Waals surface area contributed by atoms with Gasteiger partial charge in [0, 0.05) is 0 Å². The molecule has 76 valence electrons. The monoisotopic (exact) mass is 300 g/mol. The molecule has 1 amide bonds. The molecular formula is C7H13IN2O3. The molecule has 0 aliphatic heterocycles. The smallest absolute Gasteiger partial charge is 0.326 e. The van der Waals surface area contributed by atoms with Crippen molar-refractivity contribution < 1.29 is 14.7 Å². The third-order valence-corrected chi connectivity index (χ3v) is 2.14. The molecule has 0 heterocycles. The van der Waals surface area contributed by atoms with Gasteiger partial charge in [0.2, 0.25) is 5.91 Å². The number of aliphatic carboxylic acids is 1. The minimum absolute atomic E-state index is 0.259. The zero-order chi connectivity index (χ0) is 10.3. The van der Waals surface area contributed by atoms with Crippen LogP contribution < -0.4 is 11.1 Å². The second kappa shape index (κ2) is 7.07. The summed E-state index contributed by atoms with van der Waals surface area (Å²) in [7, 11) is 0. The topological polar surface area (TPSA) is 92.4 Å². The maximum Gasteiger partial charge on any atom is 0.326 e. The van der Waals surface area contributed by atoms with Gasteiger partial charge < -0.3 is 16.2 Å². The quantitative estimate of drug-likeness (QED) is 0.465. The number of carboxylic acids is 1. The van der Waals surface area contributed by atoms with E-state index in [1.54, 1.807) is 0 Å². The van der Waals surface area contributed by atoms with Crippen molar-refractivity contribution in [1.29, 1.82) is 0 Å². The summed E-state index contributed by atoms with van der Waals surface area (Å²) in [6, 6.07) is -0.800. The highest BCUT2D eigenvalue weighted by Gasteiger charge is 2.18. The number of halogens is 1. The van der Waals surface area contributed by atoms with Gasteiger partial charge in [0.25, 0.3) is 0 Å². The van der Waals surface area contributed by atoms with Crippen LogP contribution in [0.1, 0.15) is 12.8 Å². The number of nitrogens with two attached hydrogens (primary N) is 1. The van der Waals surface area contributed by atoms with E-state index in [0.29, 0.717) is 19.4 Å². The Balaban J connectivity index is 3.94. The van der Waals surface area contributed by atoms with Gasteiger partial charge in [-0.1, -0.05) is 22.6 Å². The van der Waals surface area contributed by atoms with E-state index in [1.165, 1.54) is 0 Å². The summed E-state index contributed by atoms with van der Waals surface area (Å²) < 4.78 is 0.268. The predicted molar refractivity (Wildman–Crippen MR) is 56.7 cm³/mol. The first-order valence-corrected chi connectivity index (χ1v) is 5.42. The Hall–Kier alpha value is -0.370. The molecule has 0 unspecified atom stereocenters. The van der Waals surface area contributed by atoms with Gasteiger partial charge in [-0.05, 0) is 19.4 Å². The van der Waals surface area contributed by atoms with Crippen LogP contribution in [0.4, 0.5) is 0 Å². The Kier molecular flexibility index (Phi) is 6.87. The zero-order valence-electron chi connectivity index (χ0n) is 7.12. The SMILES string of the molecule is NCCC[C@H](NC(=O)CI)C(=O)O. The number of alkyl halides is 1. The van der Waals surface area contributed by atoms with E-state index in [-0.39, 0.29) is 10.3 Å². The van der Waals surface area contributed by atoms with Crippen molar-refractivity contribution in [2.75, 3.05) is 11.0 Å². The zero-order valence-corrected chi connectivity index (χ0v) is 9.28. The van der Waals surface area contributed by atoms with Crippen LogP contribution in [0, 0.1) is 0 Å². The number of hydrogen-bond donors (Lipinski definition) is 3. The Labute approximate surface area is 90.2 Å². The van der Waals surface area contributed by atoms with E-state index < -0.39 is 12.0 Å². The van der Waals surface area contributed by atoms with Crippen molar-refractivity contribution in [1.82, 2.24) is 5.32 Å². The summed E-state index contributed by atoms with van der Waals surface area (Å²) in [6.45, 7) is 0.434. The Morgan fingerprint density at radius 1 is 1.54 bits per heavy atom. The standard InChI is InChI=1S/C7H13IN2O3/c8-4-6(11)10-5(7(12)13)2-1-3-9/h5H,1-4,9H2,(H,10,11)(H,12,13)/t5-/m0/s1. The van der Waals surface area contributed by atoms with Crippen molar-refractivity contribution in [3.63, 3.8) is 0 Å². The molecule has 0 aromatic rings. The summed E-state index contributed by atoms with van der Waals surface area (Å²) in [4.78, 5) is 21.5. The lowest BCUT2D eigenvalue weighted by molar-refractivity contribution is -0.141. The fourth-order valence-electron chi connectivity index (χ4n) is 0.812. The molecule has 0 rings (SSSR count). The minimum Gasteiger partial charge on any atom is -0.480 e. The van der Waals surface area contributed by atoms with Crippen LogP contribution >= 0.6 is 22.6 Å². The summed E-state index contributed by atoms with van der Waals surface area (Å²) in [5, 5.41) is 11.1. The molecule has 0 bridgehead atoms. The summed E-state index contributed by atoms with van der Waals surface area (Å²) in [5.74, 6) is -1.27. The lowest BCUT2D eigenvalue weighted by Gasteiger charge is -2.12. The third-order valence-electron chi connectivity index (χ3n) is 1.45. The number of amides is 1. The molecule has 13 heavy (non-hydrogen) atoms. The molecule has 5 nitrogen and oxygen atoms in total. The van der Waals surface area contributed by atoms with Gasteiger partial charge in [0.1, 0.15) is 6.04 Å². The number of carbonyl (C=O) groups is 2. The lowest BCUT2D eigenvalue weighted by Crippen LogP contribution is -2.41. The average Bonchev–Trinajstić information content (AvgIpc) is 2.11. The van der Waals surface area contributed by atoms with Crippen LogP contribution in [-0.4, -0.2) is 34.0 Å². The van der Waals surface area contributed by atoms with Crippen LogP contribution in [0.25, 0.3) is 0 Å². The minimum atomic E-state index is -1.01. The second-order valence-corrected chi connectivity index (χ2v) is 3.29. The summed E-state index contributed by atoms with van der Waals surface area (Å²) >= 11 is 1.88. The van der Waals surface area contributed by atoms with E-state index in [4.69, 9.17) is 10.8 Å². The maximum absolute atomic E-state index is 10.9. The number of rotatable bonds is 6. The van der Waals surface area contributed by atoms with E-state index >= 15 is 0 Å². The molecule has 0 saturated carbocycles. The molecule has 0 radical (unpaired) electrons. The number of hydrogen-bond acceptors (Lipinski definition) is 3. The van der Waals surface area contributed by atoms with Gasteiger partial charge in [0.15, 0.2) is 0 Å². The molecule has 6 heteroatoms. The molecule has 4 N–H and O–H groups in total. The van der Waals surface area contributed by atoms with Gasteiger partial charge in [-0.25, -0.2) is 4.79 Å². The van der Waals surface area contributed by atoms with Crippen LogP contribution in [0.15, 0.2) is 0 Å². The number of carbonyl (C=O) groups excluding carboxylic acids is 1. The van der Waals surface area contributed by atoms with Gasteiger partial charge >= 0.3 is 5.97 Å². The normalized spacial score (nSPS) is 12.2. The molecular weight excluding hydrogens is 287 g/mol. The van der Waals surface area contributed by atoms with Crippen molar-refractivity contribution in [3.05, 3.63) is 0 Å². The molecule has 1 atom stereocenters. The Bertz CT molecular complexity index is 187. The summed E-state index contributed by atoms with van der Waals surface area (Å²) in [5.41, 5.74) is 5.23. The molecule has 0 fully saturated rings. The third kappa shape index (κ3) is 5.81. The predicted octanol–water partition coefficient (Wildman–Crippen LogP) is -0.270. The summed E-state index contributed by atoms with van der Waals surface area (Å²) in [6.07, 6.45) is 0.979. The van der Waals surface area contributed by atoms with E-state index in [9.17, 15) is 9.59 Å². The van der Waals surface area contributed by atoms with Crippen molar-refractivity contribution >= 4 is 34.5 Å².